The lowest BCUT2D eigenvalue weighted by atomic mass is 9.90. The molecule has 1 N–H and O–H groups in total. The van der Waals surface area contributed by atoms with Crippen molar-refractivity contribution in [2.75, 3.05) is 6.61 Å². The standard InChI is InChI=1S/C11H18INO/c1-3-4-9(2)5-6-14-11-7-10(8-11)13-12/h3-5,10-11,13H,6-8H2,1-2H3/b4-3-,9-5-/t10-,11-. The third-order valence-corrected chi connectivity index (χ3v) is 3.30. The van der Waals surface area contributed by atoms with Gasteiger partial charge in [0, 0.05) is 28.9 Å². The summed E-state index contributed by atoms with van der Waals surface area (Å²) >= 11 is 2.21. The molecule has 1 saturated carbocycles. The average molecular weight is 307 g/mol. The summed E-state index contributed by atoms with van der Waals surface area (Å²) < 4.78 is 8.89. The first kappa shape index (κ1) is 12.2. The van der Waals surface area contributed by atoms with Gasteiger partial charge in [-0.05, 0) is 26.7 Å². The first-order valence-corrected chi connectivity index (χ1v) is 6.11. The molecule has 0 spiro atoms. The number of allylic oxidation sites excluding steroid dienone is 3. The van der Waals surface area contributed by atoms with E-state index in [1.807, 2.05) is 13.0 Å². The van der Waals surface area contributed by atoms with Crippen LogP contribution in [0.25, 0.3) is 0 Å². The van der Waals surface area contributed by atoms with E-state index in [0.717, 1.165) is 19.4 Å². The maximum absolute atomic E-state index is 5.67. The van der Waals surface area contributed by atoms with Crippen LogP contribution in [-0.4, -0.2) is 18.8 Å². The monoisotopic (exact) mass is 307 g/mol. The number of rotatable bonds is 5. The molecule has 0 atom stereocenters. The zero-order chi connectivity index (χ0) is 10.4. The molecule has 0 aliphatic heterocycles. The molecular formula is C11H18INO. The van der Waals surface area contributed by atoms with Crippen LogP contribution < -0.4 is 3.53 Å². The first-order chi connectivity index (χ1) is 6.76. The van der Waals surface area contributed by atoms with Gasteiger partial charge in [-0.2, -0.15) is 0 Å². The maximum atomic E-state index is 5.67. The summed E-state index contributed by atoms with van der Waals surface area (Å²) in [5.74, 6) is 0. The van der Waals surface area contributed by atoms with Crippen molar-refractivity contribution in [3.8, 4) is 0 Å². The van der Waals surface area contributed by atoms with Gasteiger partial charge in [0.05, 0.1) is 12.7 Å². The molecule has 80 valence electrons. The minimum atomic E-state index is 0.469. The normalized spacial score (nSPS) is 28.1. The van der Waals surface area contributed by atoms with E-state index in [0.29, 0.717) is 12.1 Å². The average Bonchev–Trinajstić information content (AvgIpc) is 2.09. The molecule has 0 aromatic heterocycles. The summed E-state index contributed by atoms with van der Waals surface area (Å²) in [6, 6.07) is 0.668. The molecule has 0 saturated heterocycles. The minimum Gasteiger partial charge on any atom is -0.374 e. The van der Waals surface area contributed by atoms with E-state index in [9.17, 15) is 0 Å². The fourth-order valence-electron chi connectivity index (χ4n) is 1.44. The second-order valence-corrected chi connectivity index (χ2v) is 4.30. The van der Waals surface area contributed by atoms with E-state index in [2.05, 4.69) is 45.5 Å². The topological polar surface area (TPSA) is 21.3 Å². The molecule has 0 radical (unpaired) electrons. The molecule has 0 aromatic carbocycles. The molecule has 0 unspecified atom stereocenters. The Kier molecular flexibility index (Phi) is 5.74. The summed E-state index contributed by atoms with van der Waals surface area (Å²) in [4.78, 5) is 0. The first-order valence-electron chi connectivity index (χ1n) is 5.03. The molecule has 1 aliphatic carbocycles. The summed E-state index contributed by atoms with van der Waals surface area (Å²) in [5, 5.41) is 0. The lowest BCUT2D eigenvalue weighted by Gasteiger charge is -2.33. The molecule has 0 amide bonds. The van der Waals surface area contributed by atoms with Crippen molar-refractivity contribution >= 4 is 22.9 Å². The largest absolute Gasteiger partial charge is 0.374 e. The van der Waals surface area contributed by atoms with Crippen LogP contribution in [0.4, 0.5) is 0 Å². The predicted molar refractivity (Wildman–Crippen MR) is 68.5 cm³/mol. The summed E-state index contributed by atoms with van der Waals surface area (Å²) in [6.45, 7) is 4.87. The number of halogens is 1. The number of nitrogens with one attached hydrogen (secondary N) is 1. The lowest BCUT2D eigenvalue weighted by Crippen LogP contribution is -2.41. The zero-order valence-electron chi connectivity index (χ0n) is 8.79. The molecule has 3 heteroatoms. The summed E-state index contributed by atoms with van der Waals surface area (Å²) in [6.07, 6.45) is 9.05. The highest BCUT2D eigenvalue weighted by Crippen LogP contribution is 2.23. The number of hydrogen-bond donors (Lipinski definition) is 1. The smallest absolute Gasteiger partial charge is 0.0656 e. The highest BCUT2D eigenvalue weighted by molar-refractivity contribution is 14.1. The van der Waals surface area contributed by atoms with Crippen molar-refractivity contribution in [1.82, 2.24) is 3.53 Å². The zero-order valence-corrected chi connectivity index (χ0v) is 11.0. The molecule has 0 heterocycles. The fraction of sp³-hybridized carbons (Fsp3) is 0.636. The van der Waals surface area contributed by atoms with Crippen LogP contribution in [0.1, 0.15) is 26.7 Å². The van der Waals surface area contributed by atoms with Gasteiger partial charge in [0.1, 0.15) is 0 Å². The van der Waals surface area contributed by atoms with Gasteiger partial charge in [0.25, 0.3) is 0 Å². The summed E-state index contributed by atoms with van der Waals surface area (Å²) in [5.41, 5.74) is 1.27. The molecule has 0 aromatic rings. The van der Waals surface area contributed by atoms with Crippen LogP contribution in [0.2, 0.25) is 0 Å². The molecule has 1 aliphatic rings. The molecular weight excluding hydrogens is 289 g/mol. The molecule has 1 rings (SSSR count). The molecule has 0 bridgehead atoms. The highest BCUT2D eigenvalue weighted by Gasteiger charge is 2.28. The molecule has 14 heavy (non-hydrogen) atoms. The Balaban J connectivity index is 2.08. The Bertz CT molecular complexity index is 219. The maximum Gasteiger partial charge on any atom is 0.0656 e. The van der Waals surface area contributed by atoms with Crippen LogP contribution in [0.15, 0.2) is 23.8 Å². The second kappa shape index (κ2) is 6.58. The van der Waals surface area contributed by atoms with E-state index in [1.54, 1.807) is 0 Å². The Labute approximate surface area is 100 Å². The van der Waals surface area contributed by atoms with Gasteiger partial charge >= 0.3 is 0 Å². The number of ether oxygens (including phenoxy) is 1. The second-order valence-electron chi connectivity index (χ2n) is 3.68. The van der Waals surface area contributed by atoms with E-state index < -0.39 is 0 Å². The van der Waals surface area contributed by atoms with Gasteiger partial charge in [-0.1, -0.05) is 23.8 Å². The Morgan fingerprint density at radius 3 is 2.86 bits per heavy atom. The Morgan fingerprint density at radius 2 is 2.29 bits per heavy atom. The van der Waals surface area contributed by atoms with Crippen LogP contribution in [0, 0.1) is 0 Å². The van der Waals surface area contributed by atoms with E-state index >= 15 is 0 Å². The minimum absolute atomic E-state index is 0.469. The van der Waals surface area contributed by atoms with Crippen molar-refractivity contribution in [2.45, 2.75) is 38.8 Å². The van der Waals surface area contributed by atoms with Gasteiger partial charge in [-0.15, -0.1) is 0 Å². The van der Waals surface area contributed by atoms with Crippen molar-refractivity contribution in [1.29, 1.82) is 0 Å². The van der Waals surface area contributed by atoms with Crippen molar-refractivity contribution in [2.24, 2.45) is 0 Å². The Hall–Kier alpha value is 0.130. The van der Waals surface area contributed by atoms with Gasteiger partial charge in [0.15, 0.2) is 0 Å². The van der Waals surface area contributed by atoms with Gasteiger partial charge < -0.3 is 4.74 Å². The van der Waals surface area contributed by atoms with Crippen LogP contribution in [-0.2, 0) is 4.74 Å². The molecule has 2 nitrogen and oxygen atoms in total. The van der Waals surface area contributed by atoms with Crippen molar-refractivity contribution in [3.63, 3.8) is 0 Å². The van der Waals surface area contributed by atoms with Gasteiger partial charge in [0.2, 0.25) is 0 Å². The van der Waals surface area contributed by atoms with E-state index in [1.165, 1.54) is 5.57 Å². The van der Waals surface area contributed by atoms with E-state index in [4.69, 9.17) is 4.74 Å². The number of hydrogen-bond acceptors (Lipinski definition) is 2. The van der Waals surface area contributed by atoms with Gasteiger partial charge in [-0.3, -0.25) is 3.53 Å². The van der Waals surface area contributed by atoms with Crippen LogP contribution in [0.5, 0.6) is 0 Å². The van der Waals surface area contributed by atoms with Crippen molar-refractivity contribution < 1.29 is 4.74 Å². The van der Waals surface area contributed by atoms with E-state index in [-0.39, 0.29) is 0 Å². The third-order valence-electron chi connectivity index (χ3n) is 2.42. The quantitative estimate of drug-likeness (QED) is 0.479. The molecule has 1 fully saturated rings. The van der Waals surface area contributed by atoms with Crippen molar-refractivity contribution in [3.05, 3.63) is 23.8 Å². The van der Waals surface area contributed by atoms with Gasteiger partial charge in [-0.25, -0.2) is 0 Å². The third kappa shape index (κ3) is 4.11. The SMILES string of the molecule is C/C=C\C(C)=C/CO[C@H]1C[C@H](NI)C1. The summed E-state index contributed by atoms with van der Waals surface area (Å²) in [7, 11) is 0. The predicted octanol–water partition coefficient (Wildman–Crippen LogP) is 3.00. The lowest BCUT2D eigenvalue weighted by molar-refractivity contribution is 0.00476. The van der Waals surface area contributed by atoms with Crippen LogP contribution >= 0.6 is 22.9 Å². The fourth-order valence-corrected chi connectivity index (χ4v) is 1.95. The Morgan fingerprint density at radius 1 is 1.57 bits per heavy atom. The van der Waals surface area contributed by atoms with Crippen LogP contribution in [0.3, 0.4) is 0 Å². The highest BCUT2D eigenvalue weighted by atomic mass is 127.